The summed E-state index contributed by atoms with van der Waals surface area (Å²) in [5, 5.41) is 0. The van der Waals surface area contributed by atoms with Crippen LogP contribution in [-0.4, -0.2) is 12.1 Å². The Morgan fingerprint density at radius 3 is 1.20 bits per heavy atom. The van der Waals surface area contributed by atoms with Crippen molar-refractivity contribution < 1.29 is 0 Å². The highest BCUT2D eigenvalue weighted by molar-refractivity contribution is 5.53. The van der Waals surface area contributed by atoms with Crippen molar-refractivity contribution in [3.05, 3.63) is 144 Å². The summed E-state index contributed by atoms with van der Waals surface area (Å²) >= 11 is 0. The van der Waals surface area contributed by atoms with Gasteiger partial charge in [-0.1, -0.05) is 121 Å². The van der Waals surface area contributed by atoms with E-state index in [0.717, 1.165) is 23.1 Å². The molecule has 0 radical (unpaired) electrons. The van der Waals surface area contributed by atoms with Crippen LogP contribution in [0.1, 0.15) is 22.3 Å². The summed E-state index contributed by atoms with van der Waals surface area (Å²) in [6.07, 6.45) is 0.719. The van der Waals surface area contributed by atoms with Gasteiger partial charge in [0.05, 0.1) is 5.41 Å². The Morgan fingerprint density at radius 1 is 0.500 bits per heavy atom. The standard InChI is InChI=1S/C28H28N2/c29-26(21-22-13-5-1-6-14-22)27(30)28(23-15-7-2-8-16-23,24-17-9-3-10-18-24)25-19-11-4-12-20-25/h1-20,26-27H,21,29-30H2/t26?,27-/m0/s1. The van der Waals surface area contributed by atoms with Crippen molar-refractivity contribution >= 4 is 0 Å². The fraction of sp³-hybridized carbons (Fsp3) is 0.143. The van der Waals surface area contributed by atoms with Crippen LogP contribution in [0, 0.1) is 0 Å². The Balaban J connectivity index is 1.90. The summed E-state index contributed by atoms with van der Waals surface area (Å²) in [6, 6.07) is 41.3. The zero-order valence-electron chi connectivity index (χ0n) is 17.1. The molecule has 2 atom stereocenters. The van der Waals surface area contributed by atoms with Crippen LogP contribution in [0.3, 0.4) is 0 Å². The van der Waals surface area contributed by atoms with Crippen LogP contribution in [0.5, 0.6) is 0 Å². The van der Waals surface area contributed by atoms with Crippen LogP contribution < -0.4 is 11.5 Å². The minimum atomic E-state index is -0.558. The first kappa shape index (κ1) is 20.1. The summed E-state index contributed by atoms with van der Waals surface area (Å²) in [5.74, 6) is 0. The van der Waals surface area contributed by atoms with E-state index in [-0.39, 0.29) is 12.1 Å². The van der Waals surface area contributed by atoms with E-state index in [1.165, 1.54) is 5.56 Å². The molecule has 4 rings (SSSR count). The monoisotopic (exact) mass is 392 g/mol. The van der Waals surface area contributed by atoms with Crippen LogP contribution in [0.2, 0.25) is 0 Å². The van der Waals surface area contributed by atoms with Crippen LogP contribution >= 0.6 is 0 Å². The van der Waals surface area contributed by atoms with Crippen molar-refractivity contribution in [3.8, 4) is 0 Å². The smallest absolute Gasteiger partial charge is 0.0617 e. The van der Waals surface area contributed by atoms with Crippen LogP contribution in [0.15, 0.2) is 121 Å². The first-order valence-electron chi connectivity index (χ1n) is 10.4. The molecule has 4 aromatic rings. The number of nitrogens with two attached hydrogens (primary N) is 2. The van der Waals surface area contributed by atoms with Gasteiger partial charge in [-0.15, -0.1) is 0 Å². The van der Waals surface area contributed by atoms with Gasteiger partial charge in [0.25, 0.3) is 0 Å². The topological polar surface area (TPSA) is 52.0 Å². The van der Waals surface area contributed by atoms with Gasteiger partial charge in [0.1, 0.15) is 0 Å². The lowest BCUT2D eigenvalue weighted by Crippen LogP contribution is -2.57. The van der Waals surface area contributed by atoms with E-state index < -0.39 is 5.41 Å². The van der Waals surface area contributed by atoms with Gasteiger partial charge in [0, 0.05) is 12.1 Å². The van der Waals surface area contributed by atoms with Crippen molar-refractivity contribution in [2.45, 2.75) is 23.9 Å². The maximum absolute atomic E-state index is 7.12. The van der Waals surface area contributed by atoms with E-state index in [9.17, 15) is 0 Å². The number of rotatable bonds is 7. The van der Waals surface area contributed by atoms with Gasteiger partial charge in [-0.2, -0.15) is 0 Å². The van der Waals surface area contributed by atoms with E-state index in [4.69, 9.17) is 11.5 Å². The van der Waals surface area contributed by atoms with Gasteiger partial charge in [-0.05, 0) is 28.7 Å². The second-order valence-electron chi connectivity index (χ2n) is 7.79. The van der Waals surface area contributed by atoms with Gasteiger partial charge in [0.2, 0.25) is 0 Å². The third kappa shape index (κ3) is 3.80. The highest BCUT2D eigenvalue weighted by Crippen LogP contribution is 2.42. The highest BCUT2D eigenvalue weighted by Gasteiger charge is 2.44. The molecule has 0 aliphatic carbocycles. The molecule has 30 heavy (non-hydrogen) atoms. The molecule has 0 spiro atoms. The van der Waals surface area contributed by atoms with E-state index in [2.05, 4.69) is 84.9 Å². The molecule has 0 aliphatic heterocycles. The second-order valence-corrected chi connectivity index (χ2v) is 7.79. The SMILES string of the molecule is NC(Cc1ccccc1)[C@H](N)C(c1ccccc1)(c1ccccc1)c1ccccc1. The number of hydrogen-bond donors (Lipinski definition) is 2. The molecule has 0 bridgehead atoms. The third-order valence-electron chi connectivity index (χ3n) is 5.96. The molecule has 0 heterocycles. The molecule has 0 saturated carbocycles. The van der Waals surface area contributed by atoms with Crippen molar-refractivity contribution in [2.24, 2.45) is 11.5 Å². The molecule has 4 N–H and O–H groups in total. The summed E-state index contributed by atoms with van der Waals surface area (Å²) < 4.78 is 0. The predicted molar refractivity (Wildman–Crippen MR) is 125 cm³/mol. The normalized spacial score (nSPS) is 13.5. The van der Waals surface area contributed by atoms with Crippen LogP contribution in [0.4, 0.5) is 0 Å². The van der Waals surface area contributed by atoms with Crippen molar-refractivity contribution in [3.63, 3.8) is 0 Å². The number of benzene rings is 4. The molecule has 1 unspecified atom stereocenters. The average Bonchev–Trinajstić information content (AvgIpc) is 2.82. The molecule has 150 valence electrons. The lowest BCUT2D eigenvalue weighted by atomic mass is 9.63. The van der Waals surface area contributed by atoms with Gasteiger partial charge in [-0.3, -0.25) is 0 Å². The summed E-state index contributed by atoms with van der Waals surface area (Å²) in [7, 11) is 0. The number of hydrogen-bond acceptors (Lipinski definition) is 2. The fourth-order valence-electron chi connectivity index (χ4n) is 4.51. The zero-order chi connectivity index (χ0) is 20.8. The lowest BCUT2D eigenvalue weighted by Gasteiger charge is -2.43. The molecular weight excluding hydrogens is 364 g/mol. The van der Waals surface area contributed by atoms with E-state index in [0.29, 0.717) is 0 Å². The molecule has 0 fully saturated rings. The minimum absolute atomic E-state index is 0.229. The Labute approximate surface area is 179 Å². The molecule has 0 saturated heterocycles. The molecular formula is C28H28N2. The maximum atomic E-state index is 7.12. The van der Waals surface area contributed by atoms with Crippen molar-refractivity contribution in [2.75, 3.05) is 0 Å². The van der Waals surface area contributed by atoms with Crippen LogP contribution in [-0.2, 0) is 11.8 Å². The summed E-state index contributed by atoms with van der Waals surface area (Å²) in [4.78, 5) is 0. The van der Waals surface area contributed by atoms with Crippen LogP contribution in [0.25, 0.3) is 0 Å². The quantitative estimate of drug-likeness (QED) is 0.439. The van der Waals surface area contributed by atoms with Crippen molar-refractivity contribution in [1.82, 2.24) is 0 Å². The van der Waals surface area contributed by atoms with Crippen molar-refractivity contribution in [1.29, 1.82) is 0 Å². The third-order valence-corrected chi connectivity index (χ3v) is 5.96. The molecule has 2 heteroatoms. The van der Waals surface area contributed by atoms with Gasteiger partial charge < -0.3 is 11.5 Å². The molecule has 2 nitrogen and oxygen atoms in total. The molecule has 0 aliphatic rings. The Kier molecular flexibility index (Phi) is 6.08. The van der Waals surface area contributed by atoms with Gasteiger partial charge >= 0.3 is 0 Å². The van der Waals surface area contributed by atoms with E-state index in [1.807, 2.05) is 36.4 Å². The molecule has 0 aromatic heterocycles. The maximum Gasteiger partial charge on any atom is 0.0617 e. The first-order chi connectivity index (χ1) is 14.7. The zero-order valence-corrected chi connectivity index (χ0v) is 17.1. The fourth-order valence-corrected chi connectivity index (χ4v) is 4.51. The first-order valence-corrected chi connectivity index (χ1v) is 10.4. The Morgan fingerprint density at radius 2 is 0.833 bits per heavy atom. The average molecular weight is 393 g/mol. The van der Waals surface area contributed by atoms with E-state index in [1.54, 1.807) is 0 Å². The lowest BCUT2D eigenvalue weighted by molar-refractivity contribution is 0.399. The second kappa shape index (κ2) is 9.08. The van der Waals surface area contributed by atoms with E-state index >= 15 is 0 Å². The summed E-state index contributed by atoms with van der Waals surface area (Å²) in [6.45, 7) is 0. The van der Waals surface area contributed by atoms with Gasteiger partial charge in [0.15, 0.2) is 0 Å². The molecule has 4 aromatic carbocycles. The Bertz CT molecular complexity index is 934. The Hall–Kier alpha value is -3.20. The highest BCUT2D eigenvalue weighted by atomic mass is 14.8. The predicted octanol–water partition coefficient (Wildman–Crippen LogP) is 4.92. The largest absolute Gasteiger partial charge is 0.326 e. The summed E-state index contributed by atoms with van der Waals surface area (Å²) in [5.41, 5.74) is 18.0. The minimum Gasteiger partial charge on any atom is -0.326 e. The van der Waals surface area contributed by atoms with Gasteiger partial charge in [-0.25, -0.2) is 0 Å². The molecule has 0 amide bonds.